The molecule has 3 aliphatic rings. The summed E-state index contributed by atoms with van der Waals surface area (Å²) in [4.78, 5) is 0. The molecule has 6 heteroatoms. The molecule has 1 aromatic carbocycles. The van der Waals surface area contributed by atoms with Crippen molar-refractivity contribution in [2.75, 3.05) is 0 Å². The van der Waals surface area contributed by atoms with E-state index in [0.29, 0.717) is 23.7 Å². The highest BCUT2D eigenvalue weighted by atomic mass is 19.2. The van der Waals surface area contributed by atoms with Crippen LogP contribution >= 0.6 is 0 Å². The van der Waals surface area contributed by atoms with Gasteiger partial charge in [0, 0.05) is 17.6 Å². The summed E-state index contributed by atoms with van der Waals surface area (Å²) < 4.78 is 55.2. The summed E-state index contributed by atoms with van der Waals surface area (Å²) in [6.45, 7) is 4.17. The third-order valence-electron chi connectivity index (χ3n) is 6.88. The highest BCUT2D eigenvalue weighted by Gasteiger charge is 2.60. The van der Waals surface area contributed by atoms with Crippen molar-refractivity contribution in [3.63, 3.8) is 0 Å². The van der Waals surface area contributed by atoms with Crippen LogP contribution in [0.2, 0.25) is 0 Å². The zero-order valence-electron chi connectivity index (χ0n) is 14.4. The monoisotopic (exact) mass is 357 g/mol. The van der Waals surface area contributed by atoms with Crippen molar-refractivity contribution in [2.45, 2.75) is 51.6 Å². The Hall–Kier alpha value is -1.30. The first-order valence-corrected chi connectivity index (χ1v) is 9.03. The lowest BCUT2D eigenvalue weighted by atomic mass is 9.64. The van der Waals surface area contributed by atoms with E-state index in [1.807, 2.05) is 0 Å². The minimum absolute atomic E-state index is 0.224. The van der Waals surface area contributed by atoms with Crippen LogP contribution in [0.5, 0.6) is 5.75 Å². The summed E-state index contributed by atoms with van der Waals surface area (Å²) in [7, 11) is 0. The van der Waals surface area contributed by atoms with E-state index in [0.717, 1.165) is 25.2 Å². The number of phenols is 1. The van der Waals surface area contributed by atoms with Crippen molar-refractivity contribution in [2.24, 2.45) is 29.6 Å². The average Bonchev–Trinajstić information content (AvgIpc) is 3.20. The number of halogens is 4. The first kappa shape index (κ1) is 17.1. The number of hydrogen-bond donors (Lipinski definition) is 2. The molecule has 4 rings (SSSR count). The van der Waals surface area contributed by atoms with E-state index >= 15 is 0 Å². The second kappa shape index (κ2) is 5.60. The van der Waals surface area contributed by atoms with E-state index < -0.39 is 34.6 Å². The standard InChI is InChI=1S/C19H23F4NO/c1-8-3-10-5-19(4-8,6-11-9(2)13(10)11)24-7-12-14(20)16(22)18(25)17(23)15(12)21/h8-11,13,24-25H,3-7H2,1-2H3. The van der Waals surface area contributed by atoms with Gasteiger partial charge in [0.1, 0.15) is 0 Å². The molecule has 0 amide bonds. The van der Waals surface area contributed by atoms with Gasteiger partial charge in [-0.2, -0.15) is 8.78 Å². The maximum atomic E-state index is 14.0. The molecule has 0 saturated heterocycles. The zero-order valence-corrected chi connectivity index (χ0v) is 14.4. The van der Waals surface area contributed by atoms with Gasteiger partial charge >= 0.3 is 0 Å². The van der Waals surface area contributed by atoms with Crippen LogP contribution in [0, 0.1) is 52.9 Å². The largest absolute Gasteiger partial charge is 0.503 e. The van der Waals surface area contributed by atoms with Crippen molar-refractivity contribution >= 4 is 0 Å². The van der Waals surface area contributed by atoms with Crippen LogP contribution in [0.3, 0.4) is 0 Å². The molecule has 1 aromatic rings. The van der Waals surface area contributed by atoms with Gasteiger partial charge < -0.3 is 10.4 Å². The number of rotatable bonds is 3. The maximum Gasteiger partial charge on any atom is 0.204 e. The Kier molecular flexibility index (Phi) is 3.84. The molecular formula is C19H23F4NO. The predicted octanol–water partition coefficient (Wildman–Crippen LogP) is 4.50. The Morgan fingerprint density at radius 2 is 1.64 bits per heavy atom. The Morgan fingerprint density at radius 3 is 2.28 bits per heavy atom. The van der Waals surface area contributed by atoms with Gasteiger partial charge in [-0.1, -0.05) is 13.8 Å². The quantitative estimate of drug-likeness (QED) is 0.617. The van der Waals surface area contributed by atoms with Gasteiger partial charge in [-0.3, -0.25) is 0 Å². The number of fused-ring (bicyclic) bond motifs is 4. The highest BCUT2D eigenvalue weighted by molar-refractivity contribution is 5.33. The minimum atomic E-state index is -1.73. The SMILES string of the molecule is CC1CC2CC(NCc3c(F)c(F)c(O)c(F)c3F)(C1)CC1C(C)C21. The first-order valence-electron chi connectivity index (χ1n) is 9.03. The molecule has 25 heavy (non-hydrogen) atoms. The van der Waals surface area contributed by atoms with Crippen LogP contribution in [0.4, 0.5) is 17.6 Å². The topological polar surface area (TPSA) is 32.3 Å². The molecule has 0 aliphatic heterocycles. The van der Waals surface area contributed by atoms with Gasteiger partial charge in [0.05, 0.1) is 0 Å². The van der Waals surface area contributed by atoms with Crippen molar-refractivity contribution < 1.29 is 22.7 Å². The van der Waals surface area contributed by atoms with Crippen LogP contribution in [0.15, 0.2) is 0 Å². The molecule has 6 unspecified atom stereocenters. The fourth-order valence-electron chi connectivity index (χ4n) is 5.84. The van der Waals surface area contributed by atoms with Gasteiger partial charge in [-0.15, -0.1) is 0 Å². The fraction of sp³-hybridized carbons (Fsp3) is 0.684. The van der Waals surface area contributed by atoms with Crippen LogP contribution in [-0.4, -0.2) is 10.6 Å². The summed E-state index contributed by atoms with van der Waals surface area (Å²) >= 11 is 0. The van der Waals surface area contributed by atoms with E-state index in [-0.39, 0.29) is 12.1 Å². The first-order chi connectivity index (χ1) is 11.7. The number of benzene rings is 1. The van der Waals surface area contributed by atoms with Gasteiger partial charge in [-0.05, 0) is 55.3 Å². The summed E-state index contributed by atoms with van der Waals surface area (Å²) in [5.41, 5.74) is -0.902. The summed E-state index contributed by atoms with van der Waals surface area (Å²) in [5, 5.41) is 12.4. The van der Waals surface area contributed by atoms with E-state index in [1.165, 1.54) is 6.42 Å². The van der Waals surface area contributed by atoms with Crippen LogP contribution in [-0.2, 0) is 6.54 Å². The Morgan fingerprint density at radius 1 is 1.00 bits per heavy atom. The molecule has 6 atom stereocenters. The lowest BCUT2D eigenvalue weighted by molar-refractivity contribution is 0.0741. The van der Waals surface area contributed by atoms with E-state index in [2.05, 4.69) is 19.2 Å². The number of phenolic OH excluding ortho intramolecular Hbond substituents is 1. The minimum Gasteiger partial charge on any atom is -0.503 e. The lowest BCUT2D eigenvalue weighted by Crippen LogP contribution is -2.53. The zero-order chi connectivity index (χ0) is 18.1. The molecular weight excluding hydrogens is 334 g/mol. The molecule has 138 valence electrons. The van der Waals surface area contributed by atoms with Crippen LogP contribution in [0.25, 0.3) is 0 Å². The van der Waals surface area contributed by atoms with Crippen LogP contribution in [0.1, 0.15) is 45.1 Å². The number of hydrogen-bond acceptors (Lipinski definition) is 2. The van der Waals surface area contributed by atoms with Gasteiger partial charge in [0.15, 0.2) is 17.4 Å². The Labute approximate surface area is 144 Å². The summed E-state index contributed by atoms with van der Waals surface area (Å²) in [5.74, 6) is -4.88. The molecule has 0 spiro atoms. The third-order valence-corrected chi connectivity index (χ3v) is 6.88. The van der Waals surface area contributed by atoms with Gasteiger partial charge in [-0.25, -0.2) is 8.78 Å². The summed E-state index contributed by atoms with van der Waals surface area (Å²) in [6.07, 6.45) is 3.99. The van der Waals surface area contributed by atoms with Gasteiger partial charge in [0.25, 0.3) is 0 Å². The smallest absolute Gasteiger partial charge is 0.204 e. The Bertz CT molecular complexity index is 691. The molecule has 3 fully saturated rings. The molecule has 0 heterocycles. The fourth-order valence-corrected chi connectivity index (χ4v) is 5.84. The van der Waals surface area contributed by atoms with Crippen molar-refractivity contribution in [1.29, 1.82) is 0 Å². The number of aromatic hydroxyl groups is 1. The van der Waals surface area contributed by atoms with E-state index in [4.69, 9.17) is 5.11 Å². The molecule has 0 radical (unpaired) electrons. The van der Waals surface area contributed by atoms with E-state index in [9.17, 15) is 17.6 Å². The predicted molar refractivity (Wildman–Crippen MR) is 84.8 cm³/mol. The molecule has 0 aromatic heterocycles. The van der Waals surface area contributed by atoms with Crippen molar-refractivity contribution in [3.05, 3.63) is 28.8 Å². The third kappa shape index (κ3) is 2.56. The van der Waals surface area contributed by atoms with Crippen molar-refractivity contribution in [3.8, 4) is 5.75 Å². The van der Waals surface area contributed by atoms with Crippen LogP contribution < -0.4 is 5.32 Å². The summed E-state index contributed by atoms with van der Waals surface area (Å²) in [6, 6.07) is 0. The van der Waals surface area contributed by atoms with E-state index in [1.54, 1.807) is 0 Å². The lowest BCUT2D eigenvalue weighted by Gasteiger charge is -2.48. The average molecular weight is 357 g/mol. The second-order valence-electron chi connectivity index (χ2n) is 8.53. The molecule has 2 N–H and O–H groups in total. The highest BCUT2D eigenvalue weighted by Crippen LogP contribution is 2.64. The second-order valence-corrected chi connectivity index (χ2v) is 8.53. The van der Waals surface area contributed by atoms with Crippen molar-refractivity contribution in [1.82, 2.24) is 5.32 Å². The molecule has 3 aliphatic carbocycles. The molecule has 2 bridgehead atoms. The van der Waals surface area contributed by atoms with Gasteiger partial charge in [0.2, 0.25) is 11.6 Å². The maximum absolute atomic E-state index is 14.0. The molecule has 2 nitrogen and oxygen atoms in total. The molecule has 3 saturated carbocycles. The normalized spacial score (nSPS) is 39.2. The number of nitrogens with one attached hydrogen (secondary N) is 1. The Balaban J connectivity index is 1.59.